The van der Waals surface area contributed by atoms with E-state index in [2.05, 4.69) is 5.32 Å². The molecule has 0 radical (unpaired) electrons. The largest absolute Gasteiger partial charge is 0.484 e. The van der Waals surface area contributed by atoms with E-state index < -0.39 is 17.5 Å². The number of ether oxygens (including phenoxy) is 1. The van der Waals surface area contributed by atoms with Crippen molar-refractivity contribution in [3.63, 3.8) is 0 Å². The zero-order valence-electron chi connectivity index (χ0n) is 13.9. The number of halogens is 2. The second-order valence-corrected chi connectivity index (χ2v) is 5.31. The van der Waals surface area contributed by atoms with E-state index in [9.17, 15) is 18.4 Å². The third-order valence-corrected chi connectivity index (χ3v) is 3.48. The first-order valence-electron chi connectivity index (χ1n) is 7.64. The normalized spacial score (nSPS) is 10.2. The van der Waals surface area contributed by atoms with Crippen LogP contribution in [-0.2, 0) is 4.79 Å². The van der Waals surface area contributed by atoms with E-state index in [4.69, 9.17) is 4.74 Å². The topological polar surface area (TPSA) is 58.6 Å². The first-order chi connectivity index (χ1) is 11.9. The number of carbonyl (C=O) groups is 2. The molecule has 25 heavy (non-hydrogen) atoms. The fraction of sp³-hybridized carbons (Fsp3) is 0.222. The minimum Gasteiger partial charge on any atom is -0.484 e. The highest BCUT2D eigenvalue weighted by Crippen LogP contribution is 2.16. The standard InChI is InChI=1S/C18H18F2N2O3/c1-3-22(2)18(24)12-5-4-6-14(9-12)25-11-17(23)21-16-8-7-13(19)10-15(16)20/h4-10H,3,11H2,1-2H3,(H,21,23). The van der Waals surface area contributed by atoms with Gasteiger partial charge in [-0.15, -0.1) is 0 Å². The molecule has 2 amide bonds. The van der Waals surface area contributed by atoms with Gasteiger partial charge in [-0.1, -0.05) is 6.07 Å². The number of nitrogens with zero attached hydrogens (tertiary/aromatic N) is 1. The number of hydrogen-bond acceptors (Lipinski definition) is 3. The van der Waals surface area contributed by atoms with E-state index >= 15 is 0 Å². The van der Waals surface area contributed by atoms with Gasteiger partial charge in [0.15, 0.2) is 6.61 Å². The lowest BCUT2D eigenvalue weighted by Gasteiger charge is -2.15. The number of nitrogens with one attached hydrogen (secondary N) is 1. The van der Waals surface area contributed by atoms with Crippen molar-refractivity contribution in [2.45, 2.75) is 6.92 Å². The molecule has 0 aliphatic carbocycles. The summed E-state index contributed by atoms with van der Waals surface area (Å²) in [5, 5.41) is 2.29. The van der Waals surface area contributed by atoms with Crippen molar-refractivity contribution >= 4 is 17.5 Å². The first-order valence-corrected chi connectivity index (χ1v) is 7.64. The van der Waals surface area contributed by atoms with Crippen LogP contribution in [0.4, 0.5) is 14.5 Å². The molecule has 1 N–H and O–H groups in total. The van der Waals surface area contributed by atoms with Crippen molar-refractivity contribution in [1.29, 1.82) is 0 Å². The summed E-state index contributed by atoms with van der Waals surface area (Å²) in [6.45, 7) is 2.05. The van der Waals surface area contributed by atoms with E-state index in [-0.39, 0.29) is 18.2 Å². The molecule has 5 nitrogen and oxygen atoms in total. The Balaban J connectivity index is 1.96. The van der Waals surface area contributed by atoms with Gasteiger partial charge in [0.05, 0.1) is 5.69 Å². The van der Waals surface area contributed by atoms with Crippen LogP contribution in [0.2, 0.25) is 0 Å². The lowest BCUT2D eigenvalue weighted by molar-refractivity contribution is -0.118. The SMILES string of the molecule is CCN(C)C(=O)c1cccc(OCC(=O)Nc2ccc(F)cc2F)c1. The molecule has 0 aromatic heterocycles. The molecule has 2 aromatic carbocycles. The van der Waals surface area contributed by atoms with Crippen molar-refractivity contribution in [3.05, 3.63) is 59.7 Å². The summed E-state index contributed by atoms with van der Waals surface area (Å²) in [7, 11) is 1.68. The minimum absolute atomic E-state index is 0.136. The predicted molar refractivity (Wildman–Crippen MR) is 89.6 cm³/mol. The van der Waals surface area contributed by atoms with Crippen LogP contribution in [-0.4, -0.2) is 36.9 Å². The summed E-state index contributed by atoms with van der Waals surface area (Å²) in [6, 6.07) is 9.27. The molecular weight excluding hydrogens is 330 g/mol. The van der Waals surface area contributed by atoms with E-state index in [1.54, 1.807) is 30.1 Å². The lowest BCUT2D eigenvalue weighted by atomic mass is 10.2. The Morgan fingerprint density at radius 1 is 1.16 bits per heavy atom. The van der Waals surface area contributed by atoms with E-state index in [1.165, 1.54) is 6.07 Å². The summed E-state index contributed by atoms with van der Waals surface area (Å²) in [6.07, 6.45) is 0. The molecule has 0 spiro atoms. The zero-order chi connectivity index (χ0) is 18.4. The molecule has 0 atom stereocenters. The Morgan fingerprint density at radius 3 is 2.60 bits per heavy atom. The maximum absolute atomic E-state index is 13.5. The molecule has 7 heteroatoms. The summed E-state index contributed by atoms with van der Waals surface area (Å²) in [5.74, 6) is -2.03. The Hall–Kier alpha value is -2.96. The van der Waals surface area contributed by atoms with Gasteiger partial charge < -0.3 is 15.0 Å². The molecule has 0 saturated carbocycles. The lowest BCUT2D eigenvalue weighted by Crippen LogP contribution is -2.26. The highest BCUT2D eigenvalue weighted by Gasteiger charge is 2.12. The molecule has 0 saturated heterocycles. The summed E-state index contributed by atoms with van der Waals surface area (Å²) in [5.41, 5.74) is 0.301. The average Bonchev–Trinajstić information content (AvgIpc) is 2.61. The highest BCUT2D eigenvalue weighted by molar-refractivity contribution is 5.94. The Labute approximate surface area is 144 Å². The molecule has 2 aromatic rings. The van der Waals surface area contributed by atoms with Gasteiger partial charge in [0.2, 0.25) is 0 Å². The van der Waals surface area contributed by atoms with Crippen LogP contribution < -0.4 is 10.1 Å². The molecular formula is C18H18F2N2O3. The van der Waals surface area contributed by atoms with Gasteiger partial charge in [0, 0.05) is 25.2 Å². The van der Waals surface area contributed by atoms with Gasteiger partial charge in [-0.2, -0.15) is 0 Å². The fourth-order valence-electron chi connectivity index (χ4n) is 2.01. The number of anilines is 1. The van der Waals surface area contributed by atoms with Crippen LogP contribution in [0, 0.1) is 11.6 Å². The van der Waals surface area contributed by atoms with Crippen LogP contribution in [0.25, 0.3) is 0 Å². The molecule has 0 fully saturated rings. The van der Waals surface area contributed by atoms with E-state index in [0.29, 0.717) is 23.9 Å². The third kappa shape index (κ3) is 5.00. The van der Waals surface area contributed by atoms with Gasteiger partial charge in [-0.05, 0) is 37.3 Å². The fourth-order valence-corrected chi connectivity index (χ4v) is 2.01. The Morgan fingerprint density at radius 2 is 1.92 bits per heavy atom. The van der Waals surface area contributed by atoms with Crippen molar-refractivity contribution < 1.29 is 23.1 Å². The highest BCUT2D eigenvalue weighted by atomic mass is 19.1. The van der Waals surface area contributed by atoms with Gasteiger partial charge in [-0.3, -0.25) is 9.59 Å². The van der Waals surface area contributed by atoms with Crippen LogP contribution in [0.15, 0.2) is 42.5 Å². The quantitative estimate of drug-likeness (QED) is 0.873. The van der Waals surface area contributed by atoms with Crippen molar-refractivity contribution in [1.82, 2.24) is 4.90 Å². The van der Waals surface area contributed by atoms with E-state index in [0.717, 1.165) is 12.1 Å². The minimum atomic E-state index is -0.872. The number of carbonyl (C=O) groups excluding carboxylic acids is 2. The first kappa shape index (κ1) is 18.4. The van der Waals surface area contributed by atoms with Crippen LogP contribution in [0.5, 0.6) is 5.75 Å². The number of amides is 2. The van der Waals surface area contributed by atoms with Crippen LogP contribution in [0.1, 0.15) is 17.3 Å². The number of rotatable bonds is 6. The molecule has 2 rings (SSSR count). The third-order valence-electron chi connectivity index (χ3n) is 3.48. The Kier molecular flexibility index (Phi) is 6.05. The monoisotopic (exact) mass is 348 g/mol. The van der Waals surface area contributed by atoms with Gasteiger partial charge in [0.25, 0.3) is 11.8 Å². The summed E-state index contributed by atoms with van der Waals surface area (Å²) < 4.78 is 31.6. The number of benzene rings is 2. The molecule has 0 bridgehead atoms. The predicted octanol–water partition coefficient (Wildman–Crippen LogP) is 3.07. The second-order valence-electron chi connectivity index (χ2n) is 5.31. The smallest absolute Gasteiger partial charge is 0.262 e. The Bertz CT molecular complexity index is 781. The molecule has 132 valence electrons. The van der Waals surface area contributed by atoms with Gasteiger partial charge in [0.1, 0.15) is 17.4 Å². The molecule has 0 heterocycles. The molecule has 0 aliphatic heterocycles. The summed E-state index contributed by atoms with van der Waals surface area (Å²) >= 11 is 0. The van der Waals surface area contributed by atoms with Crippen LogP contribution >= 0.6 is 0 Å². The maximum Gasteiger partial charge on any atom is 0.262 e. The summed E-state index contributed by atoms with van der Waals surface area (Å²) in [4.78, 5) is 25.5. The number of hydrogen-bond donors (Lipinski definition) is 1. The second kappa shape index (κ2) is 8.23. The van der Waals surface area contributed by atoms with Crippen molar-refractivity contribution in [2.24, 2.45) is 0 Å². The van der Waals surface area contributed by atoms with Crippen molar-refractivity contribution in [3.8, 4) is 5.75 Å². The zero-order valence-corrected chi connectivity index (χ0v) is 13.9. The average molecular weight is 348 g/mol. The maximum atomic E-state index is 13.5. The van der Waals surface area contributed by atoms with Crippen molar-refractivity contribution in [2.75, 3.05) is 25.5 Å². The van der Waals surface area contributed by atoms with Gasteiger partial charge in [-0.25, -0.2) is 8.78 Å². The van der Waals surface area contributed by atoms with Crippen LogP contribution in [0.3, 0.4) is 0 Å². The van der Waals surface area contributed by atoms with Gasteiger partial charge >= 0.3 is 0 Å². The van der Waals surface area contributed by atoms with E-state index in [1.807, 2.05) is 6.92 Å². The molecule has 0 aliphatic rings. The molecule has 0 unspecified atom stereocenters.